The Bertz CT molecular complexity index is 1650. The molecular weight excluding hydrogens is 483 g/mol. The molecule has 0 amide bonds. The van der Waals surface area contributed by atoms with Crippen molar-refractivity contribution in [2.24, 2.45) is 0 Å². The first-order chi connectivity index (χ1) is 18.7. The molecule has 0 saturated carbocycles. The molecule has 0 bridgehead atoms. The molecule has 6 rings (SSSR count). The van der Waals surface area contributed by atoms with Crippen molar-refractivity contribution in [3.8, 4) is 17.1 Å². The van der Waals surface area contributed by atoms with Crippen LogP contribution in [0.25, 0.3) is 33.3 Å². The van der Waals surface area contributed by atoms with Crippen LogP contribution < -0.4 is 15.1 Å². The summed E-state index contributed by atoms with van der Waals surface area (Å²) in [5, 5.41) is 0.440. The molecule has 3 aromatic carbocycles. The molecule has 1 aliphatic rings. The number of nitrogens with zero attached hydrogens (tertiary/aromatic N) is 4. The number of anilines is 1. The summed E-state index contributed by atoms with van der Waals surface area (Å²) < 4.78 is 26.0. The van der Waals surface area contributed by atoms with E-state index in [2.05, 4.69) is 14.8 Å². The second-order valence-electron chi connectivity index (χ2n) is 9.34. The molecule has 0 N–H and O–H groups in total. The van der Waals surface area contributed by atoms with Gasteiger partial charge >= 0.3 is 0 Å². The molecule has 0 unspecified atom stereocenters. The fourth-order valence-electron chi connectivity index (χ4n) is 4.84. The maximum atomic E-state index is 13.9. The number of fused-ring (bicyclic) bond motifs is 2. The van der Waals surface area contributed by atoms with E-state index in [0.717, 1.165) is 56.0 Å². The summed E-state index contributed by atoms with van der Waals surface area (Å²) in [6.07, 6.45) is 2.59. The maximum absolute atomic E-state index is 13.9. The van der Waals surface area contributed by atoms with Crippen molar-refractivity contribution >= 4 is 27.8 Å². The number of piperazine rings is 1. The molecule has 192 valence electrons. The zero-order valence-corrected chi connectivity index (χ0v) is 20.8. The topological polar surface area (TPSA) is 71.7 Å². The SMILES string of the molecule is O=c1c(OCCCN2CCN(c3cnc4ccccc4n3)CC2)c(-c2cccc(F)c2)oc2ccccc12. The lowest BCUT2D eigenvalue weighted by atomic mass is 10.1. The fraction of sp³-hybridized carbons (Fsp3) is 0.233. The number of halogens is 1. The molecule has 5 aromatic rings. The van der Waals surface area contributed by atoms with Crippen molar-refractivity contribution in [1.82, 2.24) is 14.9 Å². The normalized spacial score (nSPS) is 14.3. The van der Waals surface area contributed by atoms with Gasteiger partial charge < -0.3 is 14.1 Å². The minimum absolute atomic E-state index is 0.119. The average molecular weight is 511 g/mol. The summed E-state index contributed by atoms with van der Waals surface area (Å²) in [6, 6.07) is 20.9. The molecule has 0 atom stereocenters. The standard InChI is InChI=1S/C30H27FN4O3/c31-22-8-5-7-21(19-22)29-30(28(36)23-9-1-4-12-26(23)38-29)37-18-6-13-34-14-16-35(17-15-34)27-20-32-24-10-2-3-11-25(24)33-27/h1-5,7-12,19-20H,6,13-18H2. The molecule has 0 spiro atoms. The van der Waals surface area contributed by atoms with Gasteiger partial charge in [-0.3, -0.25) is 14.7 Å². The second-order valence-corrected chi connectivity index (χ2v) is 9.34. The van der Waals surface area contributed by atoms with E-state index >= 15 is 0 Å². The quantitative estimate of drug-likeness (QED) is 0.281. The zero-order valence-electron chi connectivity index (χ0n) is 20.8. The molecule has 7 nitrogen and oxygen atoms in total. The van der Waals surface area contributed by atoms with Crippen LogP contribution in [0.4, 0.5) is 10.2 Å². The average Bonchev–Trinajstić information content (AvgIpc) is 2.96. The van der Waals surface area contributed by atoms with Crippen LogP contribution in [-0.2, 0) is 0 Å². The van der Waals surface area contributed by atoms with Gasteiger partial charge in [-0.2, -0.15) is 0 Å². The molecule has 3 heterocycles. The van der Waals surface area contributed by atoms with Crippen LogP contribution in [0.3, 0.4) is 0 Å². The van der Waals surface area contributed by atoms with Crippen LogP contribution in [0.5, 0.6) is 5.75 Å². The first-order valence-corrected chi connectivity index (χ1v) is 12.8. The van der Waals surface area contributed by atoms with Gasteiger partial charge in [0.25, 0.3) is 0 Å². The van der Waals surface area contributed by atoms with E-state index in [1.165, 1.54) is 12.1 Å². The maximum Gasteiger partial charge on any atom is 0.235 e. The number of hydrogen-bond acceptors (Lipinski definition) is 7. The predicted octanol–water partition coefficient (Wildman–Crippen LogP) is 5.13. The number of para-hydroxylation sites is 3. The second kappa shape index (κ2) is 10.6. The van der Waals surface area contributed by atoms with Gasteiger partial charge in [0.15, 0.2) is 5.76 Å². The van der Waals surface area contributed by atoms with E-state index in [-0.39, 0.29) is 16.9 Å². The van der Waals surface area contributed by atoms with Crippen LogP contribution in [-0.4, -0.2) is 54.2 Å². The summed E-state index contributed by atoms with van der Waals surface area (Å²) in [5.74, 6) is 0.866. The summed E-state index contributed by atoms with van der Waals surface area (Å²) in [6.45, 7) is 4.73. The van der Waals surface area contributed by atoms with Crippen molar-refractivity contribution in [2.45, 2.75) is 6.42 Å². The van der Waals surface area contributed by atoms with Crippen molar-refractivity contribution in [3.05, 3.63) is 95.0 Å². The van der Waals surface area contributed by atoms with Crippen molar-refractivity contribution in [1.29, 1.82) is 0 Å². The number of ether oxygens (including phenoxy) is 1. The fourth-order valence-corrected chi connectivity index (χ4v) is 4.84. The Hall–Kier alpha value is -4.30. The van der Waals surface area contributed by atoms with E-state index in [0.29, 0.717) is 23.1 Å². The molecule has 2 aromatic heterocycles. The third kappa shape index (κ3) is 4.95. The van der Waals surface area contributed by atoms with Gasteiger partial charge in [0.1, 0.15) is 17.2 Å². The van der Waals surface area contributed by atoms with Gasteiger partial charge in [-0.05, 0) is 42.8 Å². The minimum atomic E-state index is -0.405. The molecule has 0 aliphatic carbocycles. The van der Waals surface area contributed by atoms with Gasteiger partial charge in [-0.15, -0.1) is 0 Å². The van der Waals surface area contributed by atoms with Gasteiger partial charge in [-0.25, -0.2) is 9.37 Å². The highest BCUT2D eigenvalue weighted by Crippen LogP contribution is 2.31. The number of hydrogen-bond donors (Lipinski definition) is 0. The Kier molecular flexibility index (Phi) is 6.71. The first kappa shape index (κ1) is 24.1. The Morgan fingerprint density at radius 3 is 2.55 bits per heavy atom. The van der Waals surface area contributed by atoms with E-state index in [1.807, 2.05) is 30.5 Å². The van der Waals surface area contributed by atoms with Crippen LogP contribution in [0.1, 0.15) is 6.42 Å². The van der Waals surface area contributed by atoms with Crippen molar-refractivity contribution < 1.29 is 13.5 Å². The van der Waals surface area contributed by atoms with Gasteiger partial charge in [0, 0.05) is 38.3 Å². The van der Waals surface area contributed by atoms with Crippen molar-refractivity contribution in [3.63, 3.8) is 0 Å². The lowest BCUT2D eigenvalue weighted by Gasteiger charge is -2.35. The highest BCUT2D eigenvalue weighted by molar-refractivity contribution is 5.82. The predicted molar refractivity (Wildman–Crippen MR) is 146 cm³/mol. The van der Waals surface area contributed by atoms with Gasteiger partial charge in [0.2, 0.25) is 11.2 Å². The van der Waals surface area contributed by atoms with Crippen LogP contribution in [0, 0.1) is 5.82 Å². The molecule has 1 aliphatic heterocycles. The Morgan fingerprint density at radius 2 is 1.71 bits per heavy atom. The van der Waals surface area contributed by atoms with Crippen molar-refractivity contribution in [2.75, 3.05) is 44.2 Å². The third-order valence-corrected chi connectivity index (χ3v) is 6.84. The van der Waals surface area contributed by atoms with Gasteiger partial charge in [-0.1, -0.05) is 36.4 Å². The third-order valence-electron chi connectivity index (χ3n) is 6.84. The van der Waals surface area contributed by atoms with Crippen LogP contribution in [0.2, 0.25) is 0 Å². The summed E-state index contributed by atoms with van der Waals surface area (Å²) in [4.78, 5) is 27.2. The zero-order chi connectivity index (χ0) is 25.9. The molecule has 1 fully saturated rings. The van der Waals surface area contributed by atoms with Crippen LogP contribution in [0.15, 0.2) is 88.2 Å². The lowest BCUT2D eigenvalue weighted by molar-refractivity contribution is 0.223. The number of benzene rings is 3. The largest absolute Gasteiger partial charge is 0.486 e. The Labute approximate surface area is 219 Å². The van der Waals surface area contributed by atoms with E-state index in [4.69, 9.17) is 14.1 Å². The minimum Gasteiger partial charge on any atom is -0.486 e. The monoisotopic (exact) mass is 510 g/mol. The molecule has 8 heteroatoms. The molecule has 38 heavy (non-hydrogen) atoms. The van der Waals surface area contributed by atoms with E-state index in [9.17, 15) is 9.18 Å². The smallest absolute Gasteiger partial charge is 0.235 e. The molecule has 0 radical (unpaired) electrons. The highest BCUT2D eigenvalue weighted by atomic mass is 19.1. The first-order valence-electron chi connectivity index (χ1n) is 12.8. The van der Waals surface area contributed by atoms with Crippen LogP contribution >= 0.6 is 0 Å². The highest BCUT2D eigenvalue weighted by Gasteiger charge is 2.20. The van der Waals surface area contributed by atoms with E-state index in [1.54, 1.807) is 36.4 Å². The summed E-state index contributed by atoms with van der Waals surface area (Å²) in [5.41, 5.74) is 2.46. The summed E-state index contributed by atoms with van der Waals surface area (Å²) >= 11 is 0. The molecule has 1 saturated heterocycles. The lowest BCUT2D eigenvalue weighted by Crippen LogP contribution is -2.47. The number of rotatable bonds is 7. The van der Waals surface area contributed by atoms with Gasteiger partial charge in [0.05, 0.1) is 29.2 Å². The molecular formula is C30H27FN4O3. The Morgan fingerprint density at radius 1 is 0.921 bits per heavy atom. The Balaban J connectivity index is 1.09. The van der Waals surface area contributed by atoms with E-state index < -0.39 is 5.82 Å². The number of aromatic nitrogens is 2. The summed E-state index contributed by atoms with van der Waals surface area (Å²) in [7, 11) is 0.